The maximum absolute atomic E-state index is 13.6. The topological polar surface area (TPSA) is 141 Å². The molecular weight excluding hydrogens is 584 g/mol. The summed E-state index contributed by atoms with van der Waals surface area (Å²) < 4.78 is 5.61. The van der Waals surface area contributed by atoms with E-state index in [1.807, 2.05) is 31.2 Å². The number of alkyl carbamates (subject to hydrolysis) is 1. The predicted molar refractivity (Wildman–Crippen MR) is 178 cm³/mol. The van der Waals surface area contributed by atoms with Gasteiger partial charge < -0.3 is 25.5 Å². The molecule has 0 fully saturated rings. The Bertz CT molecular complexity index is 1780. The molecule has 0 saturated heterocycles. The number of hydrogen-bond donors (Lipinski definition) is 4. The normalized spacial score (nSPS) is 13.0. The van der Waals surface area contributed by atoms with Gasteiger partial charge in [0.2, 0.25) is 11.5 Å². The zero-order valence-corrected chi connectivity index (χ0v) is 26.6. The summed E-state index contributed by atoms with van der Waals surface area (Å²) in [6.07, 6.45) is -0.496. The third-order valence-corrected chi connectivity index (χ3v) is 8.38. The first-order valence-corrected chi connectivity index (χ1v) is 15.5. The van der Waals surface area contributed by atoms with Gasteiger partial charge in [-0.3, -0.25) is 14.5 Å². The number of hydrogen-bond acceptors (Lipinski definition) is 5. The Kier molecular flexibility index (Phi) is 9.46. The van der Waals surface area contributed by atoms with Gasteiger partial charge >= 0.3 is 12.2 Å². The number of unbranched alkanes of at least 4 members (excludes halogenated alkanes) is 1. The zero-order valence-electron chi connectivity index (χ0n) is 26.6. The lowest BCUT2D eigenvalue weighted by Crippen LogP contribution is -2.55. The van der Waals surface area contributed by atoms with Crippen molar-refractivity contribution in [3.63, 3.8) is 0 Å². The lowest BCUT2D eigenvalue weighted by atomic mass is 9.98. The number of carbonyl (C=O) groups excluding carboxylic acids is 2. The number of nitrogens with one attached hydrogen (secondary N) is 3. The van der Waals surface area contributed by atoms with Crippen molar-refractivity contribution in [2.24, 2.45) is 0 Å². The number of rotatable bonds is 10. The van der Waals surface area contributed by atoms with Gasteiger partial charge in [-0.2, -0.15) is 0 Å². The molecule has 5 rings (SSSR count). The molecular formula is C36H40N4O6. The second kappa shape index (κ2) is 13.5. The van der Waals surface area contributed by atoms with Gasteiger partial charge in [0.1, 0.15) is 12.6 Å². The molecule has 0 spiro atoms. The highest BCUT2D eigenvalue weighted by Crippen LogP contribution is 2.44. The van der Waals surface area contributed by atoms with E-state index in [2.05, 4.69) is 39.9 Å². The van der Waals surface area contributed by atoms with Gasteiger partial charge in [0.25, 0.3) is 0 Å². The highest BCUT2D eigenvalue weighted by molar-refractivity contribution is 5.98. The van der Waals surface area contributed by atoms with E-state index in [1.54, 1.807) is 39.0 Å². The number of nitrogens with zero attached hydrogens (tertiary/aromatic N) is 1. The summed E-state index contributed by atoms with van der Waals surface area (Å²) in [4.78, 5) is 54.4. The molecule has 0 unspecified atom stereocenters. The van der Waals surface area contributed by atoms with E-state index in [4.69, 9.17) is 4.74 Å². The fourth-order valence-electron chi connectivity index (χ4n) is 6.31. The Morgan fingerprint density at radius 1 is 0.957 bits per heavy atom. The smallest absolute Gasteiger partial charge is 0.408 e. The van der Waals surface area contributed by atoms with Crippen LogP contribution in [0.4, 0.5) is 15.3 Å². The first-order chi connectivity index (χ1) is 21.9. The monoisotopic (exact) mass is 624 g/mol. The van der Waals surface area contributed by atoms with Crippen LogP contribution in [0.5, 0.6) is 0 Å². The minimum atomic E-state index is -1.21. The summed E-state index contributed by atoms with van der Waals surface area (Å²) in [6, 6.07) is 22.0. The van der Waals surface area contributed by atoms with E-state index < -0.39 is 29.7 Å². The summed E-state index contributed by atoms with van der Waals surface area (Å²) in [5.74, 6) is -0.514. The summed E-state index contributed by atoms with van der Waals surface area (Å²) in [6.45, 7) is 7.58. The van der Waals surface area contributed by atoms with Crippen molar-refractivity contribution in [3.8, 4) is 11.1 Å². The number of carbonyl (C=O) groups is 3. The van der Waals surface area contributed by atoms with Crippen molar-refractivity contribution in [2.75, 3.05) is 18.5 Å². The van der Waals surface area contributed by atoms with Crippen molar-refractivity contribution < 1.29 is 24.2 Å². The van der Waals surface area contributed by atoms with Gasteiger partial charge in [0.05, 0.1) is 5.52 Å². The first-order valence-electron chi connectivity index (χ1n) is 15.5. The van der Waals surface area contributed by atoms with Gasteiger partial charge in [-0.25, -0.2) is 9.59 Å². The minimum Gasteiger partial charge on any atom is -0.465 e. The number of amides is 3. The predicted octanol–water partition coefficient (Wildman–Crippen LogP) is 6.63. The van der Waals surface area contributed by atoms with Crippen LogP contribution in [0, 0.1) is 6.92 Å². The van der Waals surface area contributed by atoms with Crippen LogP contribution in [0.2, 0.25) is 0 Å². The number of H-pyrrole nitrogens is 1. The molecule has 240 valence electrons. The van der Waals surface area contributed by atoms with E-state index >= 15 is 0 Å². The van der Waals surface area contributed by atoms with Crippen LogP contribution >= 0.6 is 0 Å². The molecule has 0 radical (unpaired) electrons. The van der Waals surface area contributed by atoms with Crippen LogP contribution < -0.4 is 16.2 Å². The molecule has 46 heavy (non-hydrogen) atoms. The molecule has 4 N–H and O–H groups in total. The number of benzene rings is 3. The molecule has 0 saturated carbocycles. The fourth-order valence-corrected chi connectivity index (χ4v) is 6.31. The van der Waals surface area contributed by atoms with Crippen molar-refractivity contribution >= 4 is 34.7 Å². The van der Waals surface area contributed by atoms with Crippen molar-refractivity contribution in [3.05, 3.63) is 99.8 Å². The molecule has 3 amide bonds. The average Bonchev–Trinajstić information content (AvgIpc) is 3.31. The van der Waals surface area contributed by atoms with Crippen LogP contribution in [-0.2, 0) is 9.53 Å². The molecule has 1 aliphatic rings. The number of aromatic amines is 1. The molecule has 10 nitrogen and oxygen atoms in total. The van der Waals surface area contributed by atoms with Gasteiger partial charge in [0, 0.05) is 35.1 Å². The molecule has 1 aliphatic carbocycles. The Balaban J connectivity index is 1.17. The number of ether oxygens (including phenoxy) is 1. The van der Waals surface area contributed by atoms with Crippen molar-refractivity contribution in [1.29, 1.82) is 0 Å². The Labute approximate surface area is 267 Å². The summed E-state index contributed by atoms with van der Waals surface area (Å²) >= 11 is 0. The van der Waals surface area contributed by atoms with Crippen LogP contribution in [0.15, 0.2) is 77.6 Å². The molecule has 3 aromatic carbocycles. The fraction of sp³-hybridized carbons (Fsp3) is 0.333. The van der Waals surface area contributed by atoms with Crippen molar-refractivity contribution in [1.82, 2.24) is 15.2 Å². The van der Waals surface area contributed by atoms with Crippen LogP contribution in [0.25, 0.3) is 22.0 Å². The third kappa shape index (κ3) is 7.06. The molecule has 1 aromatic heterocycles. The molecule has 4 aromatic rings. The highest BCUT2D eigenvalue weighted by atomic mass is 16.5. The zero-order chi connectivity index (χ0) is 33.0. The Hall–Kier alpha value is -5.12. The number of anilines is 1. The van der Waals surface area contributed by atoms with E-state index in [9.17, 15) is 24.3 Å². The van der Waals surface area contributed by atoms with Gasteiger partial charge in [-0.1, -0.05) is 54.6 Å². The van der Waals surface area contributed by atoms with Crippen LogP contribution in [0.3, 0.4) is 0 Å². The molecule has 0 aliphatic heterocycles. The third-order valence-electron chi connectivity index (χ3n) is 8.38. The maximum atomic E-state index is 13.6. The second-order valence-corrected chi connectivity index (χ2v) is 12.7. The Morgan fingerprint density at radius 2 is 1.61 bits per heavy atom. The number of fused-ring (bicyclic) bond motifs is 4. The molecule has 10 heteroatoms. The van der Waals surface area contributed by atoms with Gasteiger partial charge in [-0.15, -0.1) is 0 Å². The average molecular weight is 625 g/mol. The largest absolute Gasteiger partial charge is 0.465 e. The number of aryl methyl sites for hydroxylation is 1. The Morgan fingerprint density at radius 3 is 2.24 bits per heavy atom. The van der Waals surface area contributed by atoms with E-state index in [0.29, 0.717) is 30.6 Å². The highest BCUT2D eigenvalue weighted by Gasteiger charge is 2.37. The SMILES string of the molecule is Cc1cc(=O)[nH]c2cc(NC(=O)[C@H](CCCCNC(=O)OCC3c4ccccc4-c4ccccc43)N(C(=O)O)C(C)(C)C)ccc12. The summed E-state index contributed by atoms with van der Waals surface area (Å²) in [5.41, 5.74) is 5.31. The van der Waals surface area contributed by atoms with Crippen LogP contribution in [0.1, 0.15) is 62.6 Å². The first kappa shape index (κ1) is 32.3. The lowest BCUT2D eigenvalue weighted by molar-refractivity contribution is -0.122. The van der Waals surface area contributed by atoms with Gasteiger partial charge in [-0.05, 0) is 86.9 Å². The summed E-state index contributed by atoms with van der Waals surface area (Å²) in [5, 5.41) is 16.6. The number of aromatic nitrogens is 1. The van der Waals surface area contributed by atoms with Crippen molar-refractivity contribution in [2.45, 2.75) is 64.5 Å². The number of carboxylic acid groups (broad SMARTS) is 1. The van der Waals surface area contributed by atoms with E-state index in [0.717, 1.165) is 38.1 Å². The molecule has 0 bridgehead atoms. The lowest BCUT2D eigenvalue weighted by Gasteiger charge is -2.38. The standard InChI is InChI=1S/C36H40N4O6/c1-22-19-32(41)39-30-20-23(16-17-24(22)30)38-33(42)31(40(35(44)45)36(2,3)4)15-9-10-18-37-34(43)46-21-29-27-13-7-5-11-25(27)26-12-6-8-14-28(26)29/h5-8,11-14,16-17,19-20,29,31H,9-10,15,18,21H2,1-4H3,(H,37,43)(H,38,42)(H,39,41)(H,44,45)/t31-/m0/s1. The van der Waals surface area contributed by atoms with E-state index in [-0.39, 0.29) is 24.5 Å². The quantitative estimate of drug-likeness (QED) is 0.146. The van der Waals surface area contributed by atoms with E-state index in [1.165, 1.54) is 6.07 Å². The van der Waals surface area contributed by atoms with Crippen LogP contribution in [-0.4, -0.2) is 57.8 Å². The minimum absolute atomic E-state index is 0.0382. The molecule has 1 atom stereocenters. The number of pyridine rings is 1. The summed E-state index contributed by atoms with van der Waals surface area (Å²) in [7, 11) is 0. The molecule has 1 heterocycles. The second-order valence-electron chi connectivity index (χ2n) is 12.7. The van der Waals surface area contributed by atoms with Gasteiger partial charge in [0.15, 0.2) is 0 Å². The maximum Gasteiger partial charge on any atom is 0.408 e.